The van der Waals surface area contributed by atoms with Gasteiger partial charge < -0.3 is 19.5 Å². The first-order valence-corrected chi connectivity index (χ1v) is 9.65. The fourth-order valence-corrected chi connectivity index (χ4v) is 3.22. The van der Waals surface area contributed by atoms with E-state index in [4.69, 9.17) is 25.8 Å². The van der Waals surface area contributed by atoms with Crippen molar-refractivity contribution < 1.29 is 23.9 Å². The van der Waals surface area contributed by atoms with Gasteiger partial charge in [0.15, 0.2) is 11.5 Å². The first-order chi connectivity index (χ1) is 14.1. The molecule has 0 aliphatic rings. The molecule has 29 heavy (non-hydrogen) atoms. The maximum atomic E-state index is 13.0. The summed E-state index contributed by atoms with van der Waals surface area (Å²) < 4.78 is 29.5. The van der Waals surface area contributed by atoms with E-state index >= 15 is 0 Å². The number of halogens is 2. The lowest BCUT2D eigenvalue weighted by atomic mass is 10.1. The van der Waals surface area contributed by atoms with Gasteiger partial charge in [0.1, 0.15) is 31.3 Å². The topological polar surface area (TPSA) is 44.3 Å². The molecule has 0 amide bonds. The summed E-state index contributed by atoms with van der Waals surface area (Å²) in [6, 6.07) is 18.0. The van der Waals surface area contributed by atoms with E-state index in [2.05, 4.69) is 17.4 Å². The molecule has 3 rings (SSSR count). The van der Waals surface area contributed by atoms with Gasteiger partial charge in [0.05, 0.1) is 19.2 Å². The van der Waals surface area contributed by atoms with Crippen LogP contribution >= 0.6 is 11.6 Å². The van der Waals surface area contributed by atoms with Gasteiger partial charge >= 0.3 is 0 Å². The van der Waals surface area contributed by atoms with E-state index in [9.17, 15) is 4.39 Å². The molecule has 0 radical (unpaired) electrons. The van der Waals surface area contributed by atoms with Gasteiger partial charge in [-0.25, -0.2) is 4.39 Å². The zero-order valence-electron chi connectivity index (χ0n) is 16.5. The van der Waals surface area contributed by atoms with Crippen LogP contribution in [0.25, 0.3) is 0 Å². The molecule has 0 heterocycles. The van der Waals surface area contributed by atoms with E-state index in [1.165, 1.54) is 17.7 Å². The summed E-state index contributed by atoms with van der Waals surface area (Å²) in [7, 11) is 3.24. The van der Waals surface area contributed by atoms with Crippen LogP contribution in [0.4, 0.5) is 4.39 Å². The third-order valence-corrected chi connectivity index (χ3v) is 4.79. The first-order valence-electron chi connectivity index (χ1n) is 9.27. The van der Waals surface area contributed by atoms with Gasteiger partial charge in [0.25, 0.3) is 0 Å². The second-order valence-electron chi connectivity index (χ2n) is 6.57. The van der Waals surface area contributed by atoms with Crippen LogP contribution in [-0.4, -0.2) is 14.2 Å². The minimum Gasteiger partial charge on any atom is -0.497 e. The Bertz CT molecular complexity index is 930. The van der Waals surface area contributed by atoms with Crippen LogP contribution in [0.3, 0.4) is 0 Å². The zero-order valence-corrected chi connectivity index (χ0v) is 17.2. The number of benzene rings is 3. The van der Waals surface area contributed by atoms with Gasteiger partial charge in [-0.1, -0.05) is 23.7 Å². The molecular weight excluding hydrogens is 393 g/mol. The summed E-state index contributed by atoms with van der Waals surface area (Å²) in [5, 5.41) is 2.67. The Kier molecular flexibility index (Phi) is 7.33. The molecule has 0 saturated carbocycles. The predicted molar refractivity (Wildman–Crippen MR) is 111 cm³/mol. The quantitative estimate of drug-likeness (QED) is 0.564. The normalized spacial score (nSPS) is 10.6. The monoisotopic (exact) mass is 416 g/mol. The number of hydrogen-bond acceptors (Lipinski definition) is 3. The molecular formula is C23H24ClFNO3+. The fourth-order valence-electron chi connectivity index (χ4n) is 2.93. The highest BCUT2D eigenvalue weighted by Gasteiger charge is 2.13. The summed E-state index contributed by atoms with van der Waals surface area (Å²) in [5.74, 6) is 1.63. The van der Waals surface area contributed by atoms with Crippen molar-refractivity contribution in [3.05, 3.63) is 88.2 Å². The highest BCUT2D eigenvalue weighted by Crippen LogP contribution is 2.36. The van der Waals surface area contributed by atoms with Crippen molar-refractivity contribution in [1.82, 2.24) is 0 Å². The van der Waals surface area contributed by atoms with Crippen LogP contribution in [0.1, 0.15) is 16.7 Å². The second-order valence-corrected chi connectivity index (χ2v) is 6.98. The Hall–Kier alpha value is -2.76. The standard InChI is InChI=1S/C23H23ClFNO3/c1-27-20-9-5-16(6-10-20)13-26-14-18-11-21(24)23(22(12-18)28-2)29-15-17-3-7-19(25)8-4-17/h3-12,26H,13-15H2,1-2H3/p+1. The molecule has 0 aliphatic heterocycles. The Morgan fingerprint density at radius 2 is 1.48 bits per heavy atom. The van der Waals surface area contributed by atoms with Crippen molar-refractivity contribution in [2.75, 3.05) is 14.2 Å². The fraction of sp³-hybridized carbons (Fsp3) is 0.217. The molecule has 0 spiro atoms. The number of rotatable bonds is 9. The van der Waals surface area contributed by atoms with E-state index in [0.29, 0.717) is 16.5 Å². The summed E-state index contributed by atoms with van der Waals surface area (Å²) in [4.78, 5) is 0. The molecule has 0 bridgehead atoms. The van der Waals surface area contributed by atoms with Gasteiger partial charge in [-0.15, -0.1) is 0 Å². The Morgan fingerprint density at radius 3 is 2.14 bits per heavy atom. The highest BCUT2D eigenvalue weighted by molar-refractivity contribution is 6.32. The van der Waals surface area contributed by atoms with E-state index in [1.807, 2.05) is 24.3 Å². The van der Waals surface area contributed by atoms with Crippen LogP contribution in [0.2, 0.25) is 5.02 Å². The predicted octanol–water partition coefficient (Wildman–Crippen LogP) is 4.34. The third kappa shape index (κ3) is 5.86. The van der Waals surface area contributed by atoms with E-state index in [1.54, 1.807) is 26.4 Å². The SMILES string of the molecule is COc1ccc(C[NH2+]Cc2cc(Cl)c(OCc3ccc(F)cc3)c(OC)c2)cc1. The molecule has 0 atom stereocenters. The van der Waals surface area contributed by atoms with Crippen molar-refractivity contribution in [3.63, 3.8) is 0 Å². The van der Waals surface area contributed by atoms with Crippen LogP contribution in [0.15, 0.2) is 60.7 Å². The summed E-state index contributed by atoms with van der Waals surface area (Å²) >= 11 is 6.44. The number of nitrogens with two attached hydrogens (primary N) is 1. The highest BCUT2D eigenvalue weighted by atomic mass is 35.5. The van der Waals surface area contributed by atoms with Gasteiger partial charge in [0.2, 0.25) is 0 Å². The third-order valence-electron chi connectivity index (χ3n) is 4.50. The summed E-state index contributed by atoms with van der Waals surface area (Å²) in [6.45, 7) is 1.87. The number of hydrogen-bond donors (Lipinski definition) is 1. The van der Waals surface area contributed by atoms with Gasteiger partial charge in [-0.05, 0) is 54.1 Å². The van der Waals surface area contributed by atoms with Crippen LogP contribution in [0.5, 0.6) is 17.2 Å². The molecule has 0 aliphatic carbocycles. The maximum absolute atomic E-state index is 13.0. The second kappa shape index (κ2) is 10.1. The lowest BCUT2D eigenvalue weighted by Crippen LogP contribution is -2.80. The van der Waals surface area contributed by atoms with Gasteiger partial charge in [0, 0.05) is 11.1 Å². The van der Waals surface area contributed by atoms with Crippen molar-refractivity contribution in [3.8, 4) is 17.2 Å². The smallest absolute Gasteiger partial charge is 0.180 e. The minimum atomic E-state index is -0.278. The first kappa shape index (κ1) is 21.0. The molecule has 4 nitrogen and oxygen atoms in total. The summed E-state index contributed by atoms with van der Waals surface area (Å²) in [5.41, 5.74) is 3.10. The van der Waals surface area contributed by atoms with Gasteiger partial charge in [-0.2, -0.15) is 0 Å². The molecule has 0 aromatic heterocycles. The Balaban J connectivity index is 1.61. The molecule has 0 saturated heterocycles. The van der Waals surface area contributed by atoms with Crippen LogP contribution in [-0.2, 0) is 19.7 Å². The molecule has 3 aromatic carbocycles. The number of quaternary nitrogens is 1. The largest absolute Gasteiger partial charge is 0.497 e. The van der Waals surface area contributed by atoms with E-state index < -0.39 is 0 Å². The average molecular weight is 417 g/mol. The lowest BCUT2D eigenvalue weighted by Gasteiger charge is -2.14. The number of ether oxygens (including phenoxy) is 3. The zero-order chi connectivity index (χ0) is 20.6. The van der Waals surface area contributed by atoms with Crippen molar-refractivity contribution in [1.29, 1.82) is 0 Å². The van der Waals surface area contributed by atoms with Crippen LogP contribution in [0, 0.1) is 5.82 Å². The van der Waals surface area contributed by atoms with Crippen molar-refractivity contribution in [2.24, 2.45) is 0 Å². The summed E-state index contributed by atoms with van der Waals surface area (Å²) in [6.07, 6.45) is 0. The molecule has 0 unspecified atom stereocenters. The van der Waals surface area contributed by atoms with Crippen molar-refractivity contribution in [2.45, 2.75) is 19.7 Å². The minimum absolute atomic E-state index is 0.277. The molecule has 6 heteroatoms. The number of methoxy groups -OCH3 is 2. The molecule has 3 aromatic rings. The molecule has 0 fully saturated rings. The Morgan fingerprint density at radius 1 is 0.828 bits per heavy atom. The van der Waals surface area contributed by atoms with E-state index in [-0.39, 0.29) is 12.4 Å². The van der Waals surface area contributed by atoms with Gasteiger partial charge in [-0.3, -0.25) is 0 Å². The lowest BCUT2D eigenvalue weighted by molar-refractivity contribution is -0.686. The van der Waals surface area contributed by atoms with Crippen LogP contribution < -0.4 is 19.5 Å². The molecule has 152 valence electrons. The van der Waals surface area contributed by atoms with E-state index in [0.717, 1.165) is 30.0 Å². The van der Waals surface area contributed by atoms with Crippen molar-refractivity contribution >= 4 is 11.6 Å². The molecule has 2 N–H and O–H groups in total. The average Bonchev–Trinajstić information content (AvgIpc) is 2.74. The maximum Gasteiger partial charge on any atom is 0.180 e. The Labute approximate surface area is 175 Å².